The summed E-state index contributed by atoms with van der Waals surface area (Å²) in [5.41, 5.74) is 1.17. The van der Waals surface area contributed by atoms with Crippen molar-refractivity contribution in [1.29, 1.82) is 0 Å². The van der Waals surface area contributed by atoms with E-state index in [0.717, 1.165) is 21.8 Å². The van der Waals surface area contributed by atoms with Crippen molar-refractivity contribution in [2.45, 2.75) is 0 Å². The van der Waals surface area contributed by atoms with Crippen molar-refractivity contribution in [2.75, 3.05) is 0 Å². The maximum atomic E-state index is 12.0. The Morgan fingerprint density at radius 2 is 1.17 bits per heavy atom. The molecular formula is C14H8N2O2. The van der Waals surface area contributed by atoms with Crippen molar-refractivity contribution in [2.24, 2.45) is 0 Å². The summed E-state index contributed by atoms with van der Waals surface area (Å²) in [5.74, 6) is 0. The molecule has 2 N–H and O–H groups in total. The lowest BCUT2D eigenvalue weighted by Gasteiger charge is -2.08. The number of benzene rings is 2. The van der Waals surface area contributed by atoms with Gasteiger partial charge >= 0.3 is 0 Å². The highest BCUT2D eigenvalue weighted by molar-refractivity contribution is 6.20. The van der Waals surface area contributed by atoms with Gasteiger partial charge in [0.2, 0.25) is 0 Å². The van der Waals surface area contributed by atoms with Crippen molar-refractivity contribution in [3.05, 3.63) is 57.1 Å². The highest BCUT2D eigenvalue weighted by Gasteiger charge is 2.12. The Labute approximate surface area is 100 Å². The third-order valence-corrected chi connectivity index (χ3v) is 3.36. The van der Waals surface area contributed by atoms with Gasteiger partial charge in [-0.05, 0) is 24.3 Å². The van der Waals surface area contributed by atoms with Gasteiger partial charge < -0.3 is 9.97 Å². The lowest BCUT2D eigenvalue weighted by atomic mass is 10.0. The molecule has 0 spiro atoms. The number of hydrogen-bond acceptors (Lipinski definition) is 2. The SMILES string of the molecule is O=c1[nH]c2cccc3[nH]c(=O)c4cccc1c4c23. The summed E-state index contributed by atoms with van der Waals surface area (Å²) in [6.07, 6.45) is 0. The molecule has 0 radical (unpaired) electrons. The molecular weight excluding hydrogens is 228 g/mol. The standard InChI is InChI=1S/C14H8N2O2/c17-13-7-3-1-4-8-11(7)12-9(15-13)5-2-6-10(12)16-14(8)18/h1-6H,(H,15,17)(H,16,18). The number of nitrogens with one attached hydrogen (secondary N) is 2. The first kappa shape index (κ1) is 9.41. The number of pyridine rings is 2. The molecule has 0 fully saturated rings. The zero-order valence-corrected chi connectivity index (χ0v) is 9.28. The first-order valence-electron chi connectivity index (χ1n) is 5.65. The zero-order chi connectivity index (χ0) is 12.3. The Kier molecular flexibility index (Phi) is 1.56. The van der Waals surface area contributed by atoms with Crippen LogP contribution >= 0.6 is 0 Å². The first-order chi connectivity index (χ1) is 8.75. The molecule has 0 atom stereocenters. The highest BCUT2D eigenvalue weighted by atomic mass is 16.1. The molecule has 0 amide bonds. The van der Waals surface area contributed by atoms with E-state index in [1.165, 1.54) is 0 Å². The number of H-pyrrole nitrogens is 2. The van der Waals surface area contributed by atoms with E-state index in [4.69, 9.17) is 0 Å². The van der Waals surface area contributed by atoms with Gasteiger partial charge in [0.15, 0.2) is 0 Å². The lowest BCUT2D eigenvalue weighted by Crippen LogP contribution is -2.12. The van der Waals surface area contributed by atoms with Gasteiger partial charge in [0.1, 0.15) is 0 Å². The molecule has 2 aromatic heterocycles. The molecule has 18 heavy (non-hydrogen) atoms. The number of aromatic nitrogens is 2. The normalized spacial score (nSPS) is 11.8. The molecule has 4 heteroatoms. The second kappa shape index (κ2) is 2.98. The fourth-order valence-corrected chi connectivity index (χ4v) is 2.61. The molecule has 2 heterocycles. The minimum absolute atomic E-state index is 0.161. The fourth-order valence-electron chi connectivity index (χ4n) is 2.61. The minimum atomic E-state index is -0.161. The molecule has 4 aromatic rings. The molecule has 0 aliphatic heterocycles. The summed E-state index contributed by atoms with van der Waals surface area (Å²) >= 11 is 0. The second-order valence-corrected chi connectivity index (χ2v) is 4.36. The molecule has 0 saturated heterocycles. The Morgan fingerprint density at radius 3 is 1.72 bits per heavy atom. The van der Waals surface area contributed by atoms with Gasteiger partial charge in [-0.15, -0.1) is 0 Å². The van der Waals surface area contributed by atoms with E-state index in [9.17, 15) is 9.59 Å². The van der Waals surface area contributed by atoms with Crippen LogP contribution in [0.4, 0.5) is 0 Å². The summed E-state index contributed by atoms with van der Waals surface area (Å²) in [6.45, 7) is 0. The average molecular weight is 236 g/mol. The lowest BCUT2D eigenvalue weighted by molar-refractivity contribution is 1.31. The van der Waals surface area contributed by atoms with Crippen LogP contribution in [0.2, 0.25) is 0 Å². The molecule has 2 aromatic carbocycles. The molecule has 0 aliphatic rings. The number of aromatic amines is 2. The van der Waals surface area contributed by atoms with Crippen LogP contribution in [0.15, 0.2) is 46.0 Å². The molecule has 4 nitrogen and oxygen atoms in total. The molecule has 0 unspecified atom stereocenters. The van der Waals surface area contributed by atoms with E-state index in [1.807, 2.05) is 18.2 Å². The van der Waals surface area contributed by atoms with E-state index in [1.54, 1.807) is 18.2 Å². The second-order valence-electron chi connectivity index (χ2n) is 4.36. The average Bonchev–Trinajstić information content (AvgIpc) is 2.38. The number of rotatable bonds is 0. The van der Waals surface area contributed by atoms with Gasteiger partial charge in [-0.1, -0.05) is 12.1 Å². The van der Waals surface area contributed by atoms with E-state index in [2.05, 4.69) is 9.97 Å². The molecule has 0 bridgehead atoms. The molecule has 0 saturated carbocycles. The van der Waals surface area contributed by atoms with Gasteiger partial charge in [-0.25, -0.2) is 0 Å². The highest BCUT2D eigenvalue weighted by Crippen LogP contribution is 2.27. The van der Waals surface area contributed by atoms with Crippen molar-refractivity contribution in [3.63, 3.8) is 0 Å². The minimum Gasteiger partial charge on any atom is -0.321 e. The van der Waals surface area contributed by atoms with E-state index < -0.39 is 0 Å². The largest absolute Gasteiger partial charge is 0.321 e. The van der Waals surface area contributed by atoms with Gasteiger partial charge in [-0.2, -0.15) is 0 Å². The van der Waals surface area contributed by atoms with Crippen LogP contribution in [0.3, 0.4) is 0 Å². The summed E-state index contributed by atoms with van der Waals surface area (Å²) in [5, 5.41) is 2.77. The predicted molar refractivity (Wildman–Crippen MR) is 71.4 cm³/mol. The van der Waals surface area contributed by atoms with E-state index in [0.29, 0.717) is 10.8 Å². The Hall–Kier alpha value is -2.62. The zero-order valence-electron chi connectivity index (χ0n) is 9.28. The Morgan fingerprint density at radius 1 is 0.667 bits per heavy atom. The molecule has 4 rings (SSSR count). The van der Waals surface area contributed by atoms with Gasteiger partial charge in [-0.3, -0.25) is 9.59 Å². The van der Waals surface area contributed by atoms with Crippen LogP contribution in [-0.2, 0) is 0 Å². The summed E-state index contributed by atoms with van der Waals surface area (Å²) in [4.78, 5) is 29.7. The third-order valence-electron chi connectivity index (χ3n) is 3.36. The van der Waals surface area contributed by atoms with E-state index >= 15 is 0 Å². The van der Waals surface area contributed by atoms with E-state index in [-0.39, 0.29) is 11.1 Å². The third kappa shape index (κ3) is 0.996. The van der Waals surface area contributed by atoms with Crippen molar-refractivity contribution < 1.29 is 0 Å². The van der Waals surface area contributed by atoms with Crippen LogP contribution in [0.25, 0.3) is 32.6 Å². The summed E-state index contributed by atoms with van der Waals surface area (Å²) < 4.78 is 0. The first-order valence-corrected chi connectivity index (χ1v) is 5.65. The van der Waals surface area contributed by atoms with Gasteiger partial charge in [0, 0.05) is 21.5 Å². The summed E-state index contributed by atoms with van der Waals surface area (Å²) in [6, 6.07) is 10.7. The molecule has 86 valence electrons. The van der Waals surface area contributed by atoms with Gasteiger partial charge in [0.25, 0.3) is 11.1 Å². The number of hydrogen-bond donors (Lipinski definition) is 2. The monoisotopic (exact) mass is 236 g/mol. The summed E-state index contributed by atoms with van der Waals surface area (Å²) in [7, 11) is 0. The van der Waals surface area contributed by atoms with Crippen LogP contribution in [0.1, 0.15) is 0 Å². The van der Waals surface area contributed by atoms with Crippen LogP contribution in [0, 0.1) is 0 Å². The van der Waals surface area contributed by atoms with Crippen LogP contribution < -0.4 is 11.1 Å². The quantitative estimate of drug-likeness (QED) is 0.458. The topological polar surface area (TPSA) is 65.7 Å². The smallest absolute Gasteiger partial charge is 0.256 e. The fraction of sp³-hybridized carbons (Fsp3) is 0. The van der Waals surface area contributed by atoms with Crippen molar-refractivity contribution >= 4 is 32.6 Å². The van der Waals surface area contributed by atoms with Crippen LogP contribution in [-0.4, -0.2) is 9.97 Å². The van der Waals surface area contributed by atoms with Crippen molar-refractivity contribution in [3.8, 4) is 0 Å². The van der Waals surface area contributed by atoms with Crippen molar-refractivity contribution in [1.82, 2.24) is 9.97 Å². The van der Waals surface area contributed by atoms with Crippen LogP contribution in [0.5, 0.6) is 0 Å². The van der Waals surface area contributed by atoms with Gasteiger partial charge in [0.05, 0.1) is 11.0 Å². The predicted octanol–water partition coefficient (Wildman–Crippen LogP) is 1.96. The maximum absolute atomic E-state index is 12.0. The Balaban J connectivity index is 2.60. The molecule has 0 aliphatic carbocycles. The Bertz CT molecular complexity index is 936. The maximum Gasteiger partial charge on any atom is 0.256 e.